The summed E-state index contributed by atoms with van der Waals surface area (Å²) in [5, 5.41) is 13.1. The second-order valence-electron chi connectivity index (χ2n) is 4.95. The van der Waals surface area contributed by atoms with Gasteiger partial charge in [0.15, 0.2) is 0 Å². The molecule has 0 aliphatic carbocycles. The van der Waals surface area contributed by atoms with Gasteiger partial charge in [-0.05, 0) is 25.3 Å². The summed E-state index contributed by atoms with van der Waals surface area (Å²) in [4.78, 5) is 10.9. The van der Waals surface area contributed by atoms with Crippen molar-refractivity contribution in [2.24, 2.45) is 0 Å². The molecule has 1 aliphatic heterocycles. The van der Waals surface area contributed by atoms with Gasteiger partial charge in [-0.2, -0.15) is 0 Å². The molecule has 20 heavy (non-hydrogen) atoms. The molecule has 6 nitrogen and oxygen atoms in total. The Hall–Kier alpha value is -1.95. The Bertz CT molecular complexity index is 543. The fourth-order valence-corrected chi connectivity index (χ4v) is 2.63. The molecule has 3 heterocycles. The maximum atomic E-state index is 8.95. The predicted molar refractivity (Wildman–Crippen MR) is 73.3 cm³/mol. The lowest BCUT2D eigenvalue weighted by Crippen LogP contribution is -2.34. The van der Waals surface area contributed by atoms with Crippen LogP contribution in [0.4, 0.5) is 5.95 Å². The van der Waals surface area contributed by atoms with Crippen molar-refractivity contribution in [1.82, 2.24) is 15.1 Å². The van der Waals surface area contributed by atoms with E-state index >= 15 is 0 Å². The Morgan fingerprint density at radius 2 is 2.15 bits per heavy atom. The molecule has 0 saturated carbocycles. The van der Waals surface area contributed by atoms with Crippen molar-refractivity contribution in [3.63, 3.8) is 0 Å². The van der Waals surface area contributed by atoms with Crippen molar-refractivity contribution >= 4 is 5.95 Å². The first-order valence-corrected chi connectivity index (χ1v) is 6.98. The van der Waals surface area contributed by atoms with Crippen molar-refractivity contribution in [2.45, 2.75) is 31.7 Å². The topological polar surface area (TPSA) is 75.3 Å². The Morgan fingerprint density at radius 3 is 2.95 bits per heavy atom. The SMILES string of the molecule is OCCc1cc([C@@H]2CCCCN2c2ncccn2)no1. The largest absolute Gasteiger partial charge is 0.396 e. The zero-order chi connectivity index (χ0) is 13.8. The number of hydrogen-bond acceptors (Lipinski definition) is 6. The maximum Gasteiger partial charge on any atom is 0.225 e. The first-order valence-electron chi connectivity index (χ1n) is 6.98. The minimum Gasteiger partial charge on any atom is -0.396 e. The Morgan fingerprint density at radius 1 is 1.30 bits per heavy atom. The number of piperidine rings is 1. The van der Waals surface area contributed by atoms with Crippen molar-refractivity contribution in [2.75, 3.05) is 18.1 Å². The molecule has 0 unspecified atom stereocenters. The number of nitrogens with zero attached hydrogens (tertiary/aromatic N) is 4. The molecule has 1 fully saturated rings. The molecular weight excluding hydrogens is 256 g/mol. The van der Waals surface area contributed by atoms with E-state index in [-0.39, 0.29) is 12.6 Å². The first kappa shape index (κ1) is 13.1. The van der Waals surface area contributed by atoms with Crippen LogP contribution in [0.1, 0.15) is 36.8 Å². The average Bonchev–Trinajstić information content (AvgIpc) is 2.97. The highest BCUT2D eigenvalue weighted by molar-refractivity contribution is 5.34. The first-order chi connectivity index (χ1) is 9.88. The van der Waals surface area contributed by atoms with Gasteiger partial charge in [0.2, 0.25) is 5.95 Å². The van der Waals surface area contributed by atoms with Gasteiger partial charge in [-0.3, -0.25) is 0 Å². The van der Waals surface area contributed by atoms with Gasteiger partial charge in [-0.25, -0.2) is 9.97 Å². The summed E-state index contributed by atoms with van der Waals surface area (Å²) in [5.74, 6) is 1.46. The van der Waals surface area contributed by atoms with Crippen LogP contribution in [0, 0.1) is 0 Å². The molecule has 1 atom stereocenters. The molecule has 1 aliphatic rings. The molecule has 0 amide bonds. The fraction of sp³-hybridized carbons (Fsp3) is 0.500. The van der Waals surface area contributed by atoms with Crippen LogP contribution in [0.3, 0.4) is 0 Å². The third-order valence-electron chi connectivity index (χ3n) is 3.59. The smallest absolute Gasteiger partial charge is 0.225 e. The monoisotopic (exact) mass is 274 g/mol. The van der Waals surface area contributed by atoms with Gasteiger partial charge in [-0.1, -0.05) is 5.16 Å². The lowest BCUT2D eigenvalue weighted by molar-refractivity contribution is 0.276. The summed E-state index contributed by atoms with van der Waals surface area (Å²) in [7, 11) is 0. The van der Waals surface area contributed by atoms with E-state index in [1.807, 2.05) is 12.1 Å². The molecule has 0 spiro atoms. The molecule has 3 rings (SSSR count). The molecule has 1 saturated heterocycles. The third-order valence-corrected chi connectivity index (χ3v) is 3.59. The molecule has 0 bridgehead atoms. The zero-order valence-corrected chi connectivity index (χ0v) is 11.3. The van der Waals surface area contributed by atoms with Gasteiger partial charge in [0.25, 0.3) is 0 Å². The molecule has 0 radical (unpaired) electrons. The van der Waals surface area contributed by atoms with Crippen LogP contribution in [0.5, 0.6) is 0 Å². The molecular formula is C14H18N4O2. The van der Waals surface area contributed by atoms with E-state index in [9.17, 15) is 0 Å². The second kappa shape index (κ2) is 6.00. The van der Waals surface area contributed by atoms with E-state index in [1.54, 1.807) is 12.4 Å². The van der Waals surface area contributed by atoms with E-state index in [1.165, 1.54) is 0 Å². The van der Waals surface area contributed by atoms with Crippen LogP contribution >= 0.6 is 0 Å². The van der Waals surface area contributed by atoms with Crippen LogP contribution in [0.2, 0.25) is 0 Å². The molecule has 2 aromatic rings. The minimum atomic E-state index is 0.0742. The van der Waals surface area contributed by atoms with Gasteiger partial charge in [0.05, 0.1) is 12.6 Å². The molecule has 1 N–H and O–H groups in total. The van der Waals surface area contributed by atoms with Gasteiger partial charge in [0, 0.05) is 31.4 Å². The normalized spacial score (nSPS) is 19.2. The number of rotatable bonds is 4. The molecule has 106 valence electrons. The van der Waals surface area contributed by atoms with Crippen molar-refractivity contribution in [3.05, 3.63) is 36.0 Å². The van der Waals surface area contributed by atoms with Crippen molar-refractivity contribution in [1.29, 1.82) is 0 Å². The van der Waals surface area contributed by atoms with E-state index in [0.717, 1.165) is 43.2 Å². The Labute approximate surface area is 117 Å². The summed E-state index contributed by atoms with van der Waals surface area (Å²) in [5.41, 5.74) is 0.903. The van der Waals surface area contributed by atoms with Crippen molar-refractivity contribution < 1.29 is 9.63 Å². The third kappa shape index (κ3) is 2.65. The number of hydrogen-bond donors (Lipinski definition) is 1. The highest BCUT2D eigenvalue weighted by Gasteiger charge is 2.28. The van der Waals surface area contributed by atoms with Gasteiger partial charge < -0.3 is 14.5 Å². The maximum absolute atomic E-state index is 8.95. The molecule has 2 aromatic heterocycles. The lowest BCUT2D eigenvalue weighted by atomic mass is 9.99. The summed E-state index contributed by atoms with van der Waals surface area (Å²) >= 11 is 0. The van der Waals surface area contributed by atoms with Gasteiger partial charge in [0.1, 0.15) is 11.5 Å². The summed E-state index contributed by atoms with van der Waals surface area (Å²) in [6.45, 7) is 1.00. The van der Waals surface area contributed by atoms with E-state index in [4.69, 9.17) is 9.63 Å². The van der Waals surface area contributed by atoms with Crippen LogP contribution in [0.15, 0.2) is 29.0 Å². The number of aromatic nitrogens is 3. The number of aliphatic hydroxyl groups excluding tert-OH is 1. The van der Waals surface area contributed by atoms with Crippen LogP contribution in [-0.2, 0) is 6.42 Å². The second-order valence-corrected chi connectivity index (χ2v) is 4.95. The predicted octanol–water partition coefficient (Wildman–Crippen LogP) is 1.73. The van der Waals surface area contributed by atoms with E-state index < -0.39 is 0 Å². The summed E-state index contributed by atoms with van der Waals surface area (Å²) < 4.78 is 5.26. The van der Waals surface area contributed by atoms with Gasteiger partial charge in [-0.15, -0.1) is 0 Å². The number of anilines is 1. The molecule has 0 aromatic carbocycles. The van der Waals surface area contributed by atoms with Gasteiger partial charge >= 0.3 is 0 Å². The average molecular weight is 274 g/mol. The fourth-order valence-electron chi connectivity index (χ4n) is 2.63. The standard InChI is InChI=1S/C14H18N4O2/c19-9-5-11-10-12(17-20-11)13-4-1-2-8-18(13)14-15-6-3-7-16-14/h3,6-7,10,13,19H,1-2,4-5,8-9H2/t13-/m0/s1. The Kier molecular flexibility index (Phi) is 3.92. The van der Waals surface area contributed by atoms with Crippen molar-refractivity contribution in [3.8, 4) is 0 Å². The highest BCUT2D eigenvalue weighted by atomic mass is 16.5. The Balaban J connectivity index is 1.84. The minimum absolute atomic E-state index is 0.0742. The van der Waals surface area contributed by atoms with E-state index in [2.05, 4.69) is 20.0 Å². The summed E-state index contributed by atoms with van der Waals surface area (Å²) in [6, 6.07) is 3.91. The molecule has 6 heteroatoms. The van der Waals surface area contributed by atoms with Crippen LogP contribution in [-0.4, -0.2) is 33.4 Å². The quantitative estimate of drug-likeness (QED) is 0.915. The van der Waals surface area contributed by atoms with E-state index in [0.29, 0.717) is 6.42 Å². The highest BCUT2D eigenvalue weighted by Crippen LogP contribution is 2.32. The zero-order valence-electron chi connectivity index (χ0n) is 11.3. The summed E-state index contributed by atoms with van der Waals surface area (Å²) in [6.07, 6.45) is 7.33. The number of aliphatic hydroxyl groups is 1. The van der Waals surface area contributed by atoms with Crippen LogP contribution < -0.4 is 4.90 Å². The lowest BCUT2D eigenvalue weighted by Gasteiger charge is -2.34. The van der Waals surface area contributed by atoms with Crippen LogP contribution in [0.25, 0.3) is 0 Å².